The zero-order chi connectivity index (χ0) is 13.2. The molecule has 0 aromatic carbocycles. The van der Waals surface area contributed by atoms with E-state index in [2.05, 4.69) is 4.98 Å². The van der Waals surface area contributed by atoms with Gasteiger partial charge in [0.05, 0.1) is 18.9 Å². The number of amides is 1. The highest BCUT2D eigenvalue weighted by atomic mass is 32.1. The molecule has 0 radical (unpaired) electrons. The minimum atomic E-state index is 0.0664. The van der Waals surface area contributed by atoms with Gasteiger partial charge < -0.3 is 14.2 Å². The van der Waals surface area contributed by atoms with Crippen LogP contribution in [0.25, 0.3) is 5.13 Å². The Morgan fingerprint density at radius 2 is 2.00 bits per heavy atom. The second kappa shape index (κ2) is 5.14. The third kappa shape index (κ3) is 2.41. The number of hydrogen-bond acceptors (Lipinski definition) is 4. The topological polar surface area (TPSA) is 47.4 Å². The molecule has 0 N–H and O–H groups in total. The van der Waals surface area contributed by atoms with Crippen molar-refractivity contribution in [1.82, 2.24) is 14.5 Å². The first-order chi connectivity index (χ1) is 9.25. The van der Waals surface area contributed by atoms with Crippen LogP contribution >= 0.6 is 11.3 Å². The van der Waals surface area contributed by atoms with E-state index >= 15 is 0 Å². The van der Waals surface area contributed by atoms with E-state index in [0.29, 0.717) is 26.3 Å². The summed E-state index contributed by atoms with van der Waals surface area (Å²) in [6, 6.07) is 3.89. The van der Waals surface area contributed by atoms with E-state index in [1.165, 1.54) is 11.3 Å². The van der Waals surface area contributed by atoms with Crippen molar-refractivity contribution >= 4 is 17.2 Å². The fourth-order valence-corrected chi connectivity index (χ4v) is 3.07. The number of thiazole rings is 1. The molecule has 0 unspecified atom stereocenters. The van der Waals surface area contributed by atoms with E-state index in [9.17, 15) is 4.79 Å². The van der Waals surface area contributed by atoms with E-state index in [1.807, 2.05) is 40.9 Å². The Bertz CT molecular complexity index is 571. The summed E-state index contributed by atoms with van der Waals surface area (Å²) in [4.78, 5) is 19.5. The molecule has 0 aliphatic carbocycles. The highest BCUT2D eigenvalue weighted by molar-refractivity contribution is 7.16. The van der Waals surface area contributed by atoms with Gasteiger partial charge in [-0.05, 0) is 19.1 Å². The maximum Gasteiger partial charge on any atom is 0.266 e. The number of carbonyl (C=O) groups excluding carboxylic acids is 1. The van der Waals surface area contributed by atoms with Crippen molar-refractivity contribution in [3.8, 4) is 5.13 Å². The van der Waals surface area contributed by atoms with E-state index in [0.717, 1.165) is 15.7 Å². The smallest absolute Gasteiger partial charge is 0.266 e. The van der Waals surface area contributed by atoms with Crippen molar-refractivity contribution in [2.24, 2.45) is 0 Å². The van der Waals surface area contributed by atoms with E-state index < -0.39 is 0 Å². The van der Waals surface area contributed by atoms with Gasteiger partial charge in [0.1, 0.15) is 4.88 Å². The van der Waals surface area contributed by atoms with Crippen LogP contribution in [-0.2, 0) is 4.74 Å². The lowest BCUT2D eigenvalue weighted by Gasteiger charge is -2.26. The molecular weight excluding hydrogens is 262 g/mol. The Kier molecular flexibility index (Phi) is 3.35. The molecule has 5 nitrogen and oxygen atoms in total. The predicted octanol–water partition coefficient (Wildman–Crippen LogP) is 1.71. The molecule has 1 amide bonds. The third-order valence-corrected chi connectivity index (χ3v) is 4.26. The highest BCUT2D eigenvalue weighted by Gasteiger charge is 2.23. The van der Waals surface area contributed by atoms with Crippen molar-refractivity contribution in [2.45, 2.75) is 6.92 Å². The van der Waals surface area contributed by atoms with Crippen LogP contribution in [0.2, 0.25) is 0 Å². The van der Waals surface area contributed by atoms with Gasteiger partial charge in [0.25, 0.3) is 5.91 Å². The molecule has 0 atom stereocenters. The van der Waals surface area contributed by atoms with Crippen LogP contribution < -0.4 is 0 Å². The standard InChI is InChI=1S/C13H15N3O2S/c1-10-11(12(17)15-6-8-18-9-7-15)19-13(14-10)16-4-2-3-5-16/h2-5H,6-9H2,1H3. The lowest BCUT2D eigenvalue weighted by molar-refractivity contribution is 0.0305. The van der Waals surface area contributed by atoms with Crippen LogP contribution in [0.4, 0.5) is 0 Å². The van der Waals surface area contributed by atoms with Crippen molar-refractivity contribution < 1.29 is 9.53 Å². The molecule has 1 aliphatic rings. The fourth-order valence-electron chi connectivity index (χ4n) is 2.06. The zero-order valence-corrected chi connectivity index (χ0v) is 11.5. The van der Waals surface area contributed by atoms with Crippen LogP contribution in [0.15, 0.2) is 24.5 Å². The molecule has 2 aromatic heterocycles. The summed E-state index contributed by atoms with van der Waals surface area (Å²) >= 11 is 1.44. The van der Waals surface area contributed by atoms with E-state index in [-0.39, 0.29) is 5.91 Å². The second-order valence-corrected chi connectivity index (χ2v) is 5.38. The number of aromatic nitrogens is 2. The number of rotatable bonds is 2. The van der Waals surface area contributed by atoms with Crippen molar-refractivity contribution in [2.75, 3.05) is 26.3 Å². The number of nitrogens with zero attached hydrogens (tertiary/aromatic N) is 3. The van der Waals surface area contributed by atoms with Gasteiger partial charge >= 0.3 is 0 Å². The molecular formula is C13H15N3O2S. The number of morpholine rings is 1. The number of carbonyl (C=O) groups is 1. The molecule has 3 heterocycles. The molecule has 0 spiro atoms. The first-order valence-corrected chi connectivity index (χ1v) is 7.05. The molecule has 6 heteroatoms. The first kappa shape index (κ1) is 12.4. The molecule has 3 rings (SSSR count). The SMILES string of the molecule is Cc1nc(-n2cccc2)sc1C(=O)N1CCOCC1. The maximum absolute atomic E-state index is 12.4. The summed E-state index contributed by atoms with van der Waals surface area (Å²) in [6.45, 7) is 4.45. The van der Waals surface area contributed by atoms with Gasteiger partial charge in [0.15, 0.2) is 5.13 Å². The molecule has 19 heavy (non-hydrogen) atoms. The normalized spacial score (nSPS) is 15.7. The lowest BCUT2D eigenvalue weighted by Crippen LogP contribution is -2.40. The zero-order valence-electron chi connectivity index (χ0n) is 10.7. The monoisotopic (exact) mass is 277 g/mol. The average Bonchev–Trinajstić information content (AvgIpc) is 3.08. The van der Waals surface area contributed by atoms with E-state index in [4.69, 9.17) is 4.74 Å². The Labute approximate surface area is 115 Å². The summed E-state index contributed by atoms with van der Waals surface area (Å²) in [7, 11) is 0. The summed E-state index contributed by atoms with van der Waals surface area (Å²) in [5.41, 5.74) is 0.796. The minimum absolute atomic E-state index is 0.0664. The summed E-state index contributed by atoms with van der Waals surface area (Å²) in [5, 5.41) is 0.833. The summed E-state index contributed by atoms with van der Waals surface area (Å²) < 4.78 is 7.19. The van der Waals surface area contributed by atoms with Crippen molar-refractivity contribution in [3.05, 3.63) is 35.1 Å². The third-order valence-electron chi connectivity index (χ3n) is 3.10. The molecule has 0 saturated carbocycles. The molecule has 100 valence electrons. The van der Waals surface area contributed by atoms with Gasteiger partial charge in [-0.1, -0.05) is 11.3 Å². The lowest BCUT2D eigenvalue weighted by atomic mass is 10.3. The molecule has 1 fully saturated rings. The Morgan fingerprint density at radius 3 is 2.68 bits per heavy atom. The van der Waals surface area contributed by atoms with Crippen LogP contribution in [0.3, 0.4) is 0 Å². The quantitative estimate of drug-likeness (QED) is 0.839. The number of aryl methyl sites for hydroxylation is 1. The van der Waals surface area contributed by atoms with Crippen LogP contribution in [0.1, 0.15) is 15.4 Å². The molecule has 1 saturated heterocycles. The van der Waals surface area contributed by atoms with Crippen LogP contribution in [-0.4, -0.2) is 46.7 Å². The predicted molar refractivity (Wildman–Crippen MR) is 72.9 cm³/mol. The average molecular weight is 277 g/mol. The summed E-state index contributed by atoms with van der Waals surface area (Å²) in [5.74, 6) is 0.0664. The minimum Gasteiger partial charge on any atom is -0.378 e. The second-order valence-electron chi connectivity index (χ2n) is 4.41. The van der Waals surface area contributed by atoms with Crippen LogP contribution in [0.5, 0.6) is 0 Å². The fraction of sp³-hybridized carbons (Fsp3) is 0.385. The van der Waals surface area contributed by atoms with Gasteiger partial charge in [-0.2, -0.15) is 0 Å². The molecule has 0 bridgehead atoms. The van der Waals surface area contributed by atoms with Gasteiger partial charge in [-0.25, -0.2) is 4.98 Å². The van der Waals surface area contributed by atoms with Crippen molar-refractivity contribution in [1.29, 1.82) is 0 Å². The largest absolute Gasteiger partial charge is 0.378 e. The van der Waals surface area contributed by atoms with Gasteiger partial charge in [0, 0.05) is 25.5 Å². The maximum atomic E-state index is 12.4. The Hall–Kier alpha value is -1.66. The number of hydrogen-bond donors (Lipinski definition) is 0. The Morgan fingerprint density at radius 1 is 1.32 bits per heavy atom. The highest BCUT2D eigenvalue weighted by Crippen LogP contribution is 2.23. The summed E-state index contributed by atoms with van der Waals surface area (Å²) in [6.07, 6.45) is 3.86. The van der Waals surface area contributed by atoms with Crippen molar-refractivity contribution in [3.63, 3.8) is 0 Å². The Balaban J connectivity index is 1.86. The molecule has 2 aromatic rings. The van der Waals surface area contributed by atoms with Gasteiger partial charge in [-0.3, -0.25) is 4.79 Å². The van der Waals surface area contributed by atoms with E-state index in [1.54, 1.807) is 0 Å². The van der Waals surface area contributed by atoms with Crippen LogP contribution in [0, 0.1) is 6.92 Å². The van der Waals surface area contributed by atoms with Gasteiger partial charge in [-0.15, -0.1) is 0 Å². The molecule has 1 aliphatic heterocycles. The van der Waals surface area contributed by atoms with Gasteiger partial charge in [0.2, 0.25) is 0 Å². The number of ether oxygens (including phenoxy) is 1. The first-order valence-electron chi connectivity index (χ1n) is 6.23.